The molecule has 0 aromatic carbocycles. The molecule has 0 fully saturated rings. The number of aliphatic hydroxyl groups excluding tert-OH is 1. The number of rotatable bonds is 2. The minimum absolute atomic E-state index is 0.0772. The van der Waals surface area contributed by atoms with Gasteiger partial charge in [-0.2, -0.15) is 4.98 Å². The third kappa shape index (κ3) is 2.03. The Morgan fingerprint density at radius 1 is 1.64 bits per heavy atom. The molecule has 1 heterocycles. The van der Waals surface area contributed by atoms with Gasteiger partial charge in [0.05, 0.1) is 19.4 Å². The molecular formula is C6H7ClN2O2. The molecule has 0 atom stereocenters. The largest absolute Gasteiger partial charge is 0.481 e. The lowest BCUT2D eigenvalue weighted by molar-refractivity contribution is 0.275. The fourth-order valence-corrected chi connectivity index (χ4v) is 0.819. The summed E-state index contributed by atoms with van der Waals surface area (Å²) in [5, 5.41) is 8.75. The van der Waals surface area contributed by atoms with Crippen molar-refractivity contribution in [3.63, 3.8) is 0 Å². The zero-order chi connectivity index (χ0) is 8.27. The minimum Gasteiger partial charge on any atom is -0.481 e. The standard InChI is InChI=1S/C6H7ClN2O2/c1-11-5-2-4(3-10)8-6(7)9-5/h2,10H,3H2,1H3. The van der Waals surface area contributed by atoms with Crippen LogP contribution in [0.1, 0.15) is 5.69 Å². The Morgan fingerprint density at radius 3 is 2.91 bits per heavy atom. The van der Waals surface area contributed by atoms with Crippen LogP contribution in [0.4, 0.5) is 0 Å². The molecular weight excluding hydrogens is 168 g/mol. The summed E-state index contributed by atoms with van der Waals surface area (Å²) < 4.78 is 4.79. The van der Waals surface area contributed by atoms with Crippen molar-refractivity contribution in [1.29, 1.82) is 0 Å². The van der Waals surface area contributed by atoms with E-state index in [9.17, 15) is 0 Å². The molecule has 0 aliphatic rings. The molecule has 0 spiro atoms. The van der Waals surface area contributed by atoms with Crippen molar-refractivity contribution in [3.8, 4) is 5.88 Å². The molecule has 11 heavy (non-hydrogen) atoms. The van der Waals surface area contributed by atoms with Gasteiger partial charge in [-0.15, -0.1) is 0 Å². The van der Waals surface area contributed by atoms with E-state index in [1.807, 2.05) is 0 Å². The Hall–Kier alpha value is -0.870. The monoisotopic (exact) mass is 174 g/mol. The van der Waals surface area contributed by atoms with Crippen molar-refractivity contribution >= 4 is 11.6 Å². The molecule has 0 aliphatic carbocycles. The van der Waals surface area contributed by atoms with Crippen molar-refractivity contribution < 1.29 is 9.84 Å². The van der Waals surface area contributed by atoms with Gasteiger partial charge in [0.25, 0.3) is 0 Å². The van der Waals surface area contributed by atoms with Crippen LogP contribution in [0.2, 0.25) is 5.28 Å². The van der Waals surface area contributed by atoms with Crippen LogP contribution in [-0.4, -0.2) is 22.2 Å². The SMILES string of the molecule is COc1cc(CO)nc(Cl)n1. The van der Waals surface area contributed by atoms with Crippen LogP contribution in [0, 0.1) is 0 Å². The average molecular weight is 175 g/mol. The number of halogens is 1. The Labute approximate surface area is 68.8 Å². The normalized spacial score (nSPS) is 9.73. The molecule has 0 bridgehead atoms. The molecule has 0 saturated heterocycles. The van der Waals surface area contributed by atoms with E-state index < -0.39 is 0 Å². The molecule has 0 aliphatic heterocycles. The van der Waals surface area contributed by atoms with Crippen LogP contribution >= 0.6 is 11.6 Å². The highest BCUT2D eigenvalue weighted by Gasteiger charge is 2.00. The summed E-state index contributed by atoms with van der Waals surface area (Å²) in [6.45, 7) is -0.168. The maximum absolute atomic E-state index is 8.68. The topological polar surface area (TPSA) is 55.2 Å². The summed E-state index contributed by atoms with van der Waals surface area (Å²) in [5.41, 5.74) is 0.446. The van der Waals surface area contributed by atoms with Crippen LogP contribution < -0.4 is 4.74 Å². The van der Waals surface area contributed by atoms with Gasteiger partial charge >= 0.3 is 0 Å². The fourth-order valence-electron chi connectivity index (χ4n) is 0.627. The van der Waals surface area contributed by atoms with Gasteiger partial charge in [0, 0.05) is 6.07 Å². The summed E-state index contributed by atoms with van der Waals surface area (Å²) in [6.07, 6.45) is 0. The first kappa shape index (κ1) is 8.23. The summed E-state index contributed by atoms with van der Waals surface area (Å²) >= 11 is 5.49. The van der Waals surface area contributed by atoms with E-state index in [1.54, 1.807) is 0 Å². The fraction of sp³-hybridized carbons (Fsp3) is 0.333. The molecule has 60 valence electrons. The van der Waals surface area contributed by atoms with E-state index in [2.05, 4.69) is 9.97 Å². The first-order valence-electron chi connectivity index (χ1n) is 2.94. The Kier molecular flexibility index (Phi) is 2.62. The summed E-state index contributed by atoms with van der Waals surface area (Å²) in [7, 11) is 1.47. The third-order valence-electron chi connectivity index (χ3n) is 1.10. The van der Waals surface area contributed by atoms with Gasteiger partial charge in [0.15, 0.2) is 0 Å². The predicted molar refractivity (Wildman–Crippen MR) is 39.5 cm³/mol. The van der Waals surface area contributed by atoms with Crippen molar-refractivity contribution in [2.45, 2.75) is 6.61 Å². The maximum Gasteiger partial charge on any atom is 0.225 e. The van der Waals surface area contributed by atoms with E-state index in [1.165, 1.54) is 13.2 Å². The summed E-state index contributed by atoms with van der Waals surface area (Å²) in [4.78, 5) is 7.45. The highest BCUT2D eigenvalue weighted by Crippen LogP contribution is 2.11. The molecule has 5 heteroatoms. The second-order valence-corrected chi connectivity index (χ2v) is 2.17. The number of ether oxygens (including phenoxy) is 1. The van der Waals surface area contributed by atoms with E-state index >= 15 is 0 Å². The molecule has 1 aromatic heterocycles. The molecule has 4 nitrogen and oxygen atoms in total. The first-order chi connectivity index (χ1) is 5.26. The third-order valence-corrected chi connectivity index (χ3v) is 1.27. The first-order valence-corrected chi connectivity index (χ1v) is 3.32. The summed E-state index contributed by atoms with van der Waals surface area (Å²) in [5.74, 6) is 0.356. The van der Waals surface area contributed by atoms with Gasteiger partial charge in [0.1, 0.15) is 0 Å². The maximum atomic E-state index is 8.68. The number of hydrogen-bond donors (Lipinski definition) is 1. The van der Waals surface area contributed by atoms with Gasteiger partial charge in [-0.25, -0.2) is 4.98 Å². The second kappa shape index (κ2) is 3.50. The van der Waals surface area contributed by atoms with Gasteiger partial charge in [-0.05, 0) is 11.6 Å². The van der Waals surface area contributed by atoms with Crippen LogP contribution in [0.15, 0.2) is 6.07 Å². The molecule has 1 rings (SSSR count). The molecule has 0 unspecified atom stereocenters. The molecule has 0 radical (unpaired) electrons. The van der Waals surface area contributed by atoms with Crippen molar-refractivity contribution in [2.75, 3.05) is 7.11 Å². The van der Waals surface area contributed by atoms with E-state index in [0.29, 0.717) is 11.6 Å². The van der Waals surface area contributed by atoms with Crippen molar-refractivity contribution in [3.05, 3.63) is 17.0 Å². The molecule has 1 N–H and O–H groups in total. The summed E-state index contributed by atoms with van der Waals surface area (Å²) in [6, 6.07) is 1.52. The number of methoxy groups -OCH3 is 1. The highest BCUT2D eigenvalue weighted by molar-refractivity contribution is 6.28. The van der Waals surface area contributed by atoms with E-state index in [0.717, 1.165) is 0 Å². The van der Waals surface area contributed by atoms with E-state index in [4.69, 9.17) is 21.4 Å². The number of nitrogens with zero attached hydrogens (tertiary/aromatic N) is 2. The van der Waals surface area contributed by atoms with E-state index in [-0.39, 0.29) is 11.9 Å². The van der Waals surface area contributed by atoms with Crippen LogP contribution in [-0.2, 0) is 6.61 Å². The Balaban J connectivity index is 3.02. The van der Waals surface area contributed by atoms with Gasteiger partial charge in [-0.1, -0.05) is 0 Å². The van der Waals surface area contributed by atoms with Crippen LogP contribution in [0.5, 0.6) is 5.88 Å². The van der Waals surface area contributed by atoms with Crippen LogP contribution in [0.25, 0.3) is 0 Å². The van der Waals surface area contributed by atoms with Gasteiger partial charge < -0.3 is 9.84 Å². The lowest BCUT2D eigenvalue weighted by Crippen LogP contribution is -1.95. The minimum atomic E-state index is -0.168. The van der Waals surface area contributed by atoms with Crippen LogP contribution in [0.3, 0.4) is 0 Å². The quantitative estimate of drug-likeness (QED) is 0.669. The van der Waals surface area contributed by atoms with Crippen molar-refractivity contribution in [1.82, 2.24) is 9.97 Å². The number of aromatic nitrogens is 2. The zero-order valence-electron chi connectivity index (χ0n) is 5.91. The van der Waals surface area contributed by atoms with Gasteiger partial charge in [0.2, 0.25) is 11.2 Å². The predicted octanol–water partition coefficient (Wildman–Crippen LogP) is 0.631. The number of aliphatic hydroxyl groups is 1. The second-order valence-electron chi connectivity index (χ2n) is 1.83. The number of hydrogen-bond acceptors (Lipinski definition) is 4. The molecule has 0 saturated carbocycles. The smallest absolute Gasteiger partial charge is 0.225 e. The Bertz CT molecular complexity index is 232. The van der Waals surface area contributed by atoms with Gasteiger partial charge in [-0.3, -0.25) is 0 Å². The van der Waals surface area contributed by atoms with Crippen molar-refractivity contribution in [2.24, 2.45) is 0 Å². The highest BCUT2D eigenvalue weighted by atomic mass is 35.5. The lowest BCUT2D eigenvalue weighted by Gasteiger charge is -2.00. The average Bonchev–Trinajstić information content (AvgIpc) is 2.03. The zero-order valence-corrected chi connectivity index (χ0v) is 6.67. The molecule has 1 aromatic rings. The Morgan fingerprint density at radius 2 is 2.36 bits per heavy atom. The lowest BCUT2D eigenvalue weighted by atomic mass is 10.4. The molecule has 0 amide bonds.